The van der Waals surface area contributed by atoms with Gasteiger partial charge in [0, 0.05) is 82.1 Å². The Morgan fingerprint density at radius 3 is 1.58 bits per heavy atom. The van der Waals surface area contributed by atoms with E-state index < -0.39 is 0 Å². The number of rotatable bonds is 4. The van der Waals surface area contributed by atoms with E-state index in [9.17, 15) is 0 Å². The summed E-state index contributed by atoms with van der Waals surface area (Å²) < 4.78 is 18.5. The second-order valence-corrected chi connectivity index (χ2v) is 19.2. The van der Waals surface area contributed by atoms with E-state index in [1.165, 1.54) is 107 Å². The highest BCUT2D eigenvalue weighted by molar-refractivity contribution is 8.01. The number of allylic oxidation sites excluding steroid dienone is 4. The smallest absolute Gasteiger partial charge is 0.249 e. The van der Waals surface area contributed by atoms with Crippen molar-refractivity contribution >= 4 is 113 Å². The summed E-state index contributed by atoms with van der Waals surface area (Å²) >= 11 is 3.79. The number of para-hydroxylation sites is 5. The summed E-state index contributed by atoms with van der Waals surface area (Å²) in [6, 6.07) is 56.1. The topological polar surface area (TPSA) is 28.3 Å². The third kappa shape index (κ3) is 4.53. The molecule has 8 heteroatoms. The number of fused-ring (bicyclic) bond motifs is 14. The standard InChI is InChI=1S/C54H32B2N2O2S2/c1-3-13-31(14-4-1)59-33-25-45-51-49(27-33)61-47-30-48-42(29-41(47)55(51)39-21-11-19-37-35-17-7-9-23-43(35)57(45)53(37)39)56-40-22-12-20-38-36-18-8-10-24-44(36)58(54(38)40)46-26-34(28-50(62-48)52(46)56)60-32-15-5-2-6-16-32/h1-5,7-15,17-30H,6,16H2. The lowest BCUT2D eigenvalue weighted by Crippen LogP contribution is -2.62. The number of hydrogen-bond donors (Lipinski definition) is 0. The molecule has 6 heterocycles. The van der Waals surface area contributed by atoms with Gasteiger partial charge in [0.15, 0.2) is 0 Å². The van der Waals surface area contributed by atoms with Crippen molar-refractivity contribution in [2.45, 2.75) is 32.4 Å². The molecular weight excluding hydrogens is 794 g/mol. The van der Waals surface area contributed by atoms with Crippen molar-refractivity contribution in [3.05, 3.63) is 176 Å². The van der Waals surface area contributed by atoms with E-state index in [0.717, 1.165) is 35.8 Å². The number of benzene rings is 8. The van der Waals surface area contributed by atoms with Gasteiger partial charge in [-0.25, -0.2) is 0 Å². The van der Waals surface area contributed by atoms with Crippen molar-refractivity contribution in [2.75, 3.05) is 0 Å². The molecule has 62 heavy (non-hydrogen) atoms. The van der Waals surface area contributed by atoms with E-state index in [0.29, 0.717) is 0 Å². The fraction of sp³-hybridized carbons (Fsp3) is 0.0370. The minimum atomic E-state index is 0.0538. The number of hydrogen-bond acceptors (Lipinski definition) is 4. The molecule has 0 saturated heterocycles. The highest BCUT2D eigenvalue weighted by Crippen LogP contribution is 2.45. The van der Waals surface area contributed by atoms with Crippen LogP contribution in [-0.2, 0) is 0 Å². The molecule has 0 spiro atoms. The molecule has 10 aromatic rings. The monoisotopic (exact) mass is 826 g/mol. The normalized spacial score (nSPS) is 14.8. The van der Waals surface area contributed by atoms with Gasteiger partial charge in [-0.15, -0.1) is 0 Å². The first-order valence-corrected chi connectivity index (χ1v) is 23.1. The molecule has 0 saturated carbocycles. The maximum absolute atomic E-state index is 6.76. The van der Waals surface area contributed by atoms with Crippen LogP contribution in [0, 0.1) is 0 Å². The molecule has 2 aromatic heterocycles. The quantitative estimate of drug-likeness (QED) is 0.165. The highest BCUT2D eigenvalue weighted by atomic mass is 32.2. The van der Waals surface area contributed by atoms with Gasteiger partial charge in [0.25, 0.3) is 0 Å². The molecule has 0 unspecified atom stereocenters. The zero-order valence-corrected chi connectivity index (χ0v) is 34.9. The van der Waals surface area contributed by atoms with E-state index in [2.05, 4.69) is 149 Å². The first-order chi connectivity index (χ1) is 30.7. The Kier molecular flexibility index (Phi) is 6.81. The molecule has 0 N–H and O–H groups in total. The SMILES string of the molecule is C1=CCCC(Oc2cc3c4c(c2)-n2c5ccccc5c5cccc(c52)B4c2cc4c(cc2S3)Sc2cc(Oc3ccccc3)cc3c2B4c2cccc4c5ccccc5n-3c24)=C1. The number of aromatic nitrogens is 2. The Hall–Kier alpha value is -6.73. The lowest BCUT2D eigenvalue weighted by molar-refractivity contribution is 0.402. The molecule has 15 rings (SSSR count). The first kappa shape index (κ1) is 33.9. The maximum Gasteiger partial charge on any atom is 0.249 e. The predicted molar refractivity (Wildman–Crippen MR) is 259 cm³/mol. The van der Waals surface area contributed by atoms with Gasteiger partial charge in [-0.05, 0) is 76.8 Å². The molecule has 0 fully saturated rings. The van der Waals surface area contributed by atoms with E-state index in [-0.39, 0.29) is 13.4 Å². The van der Waals surface area contributed by atoms with Crippen LogP contribution in [0.25, 0.3) is 55.0 Å². The summed E-state index contributed by atoms with van der Waals surface area (Å²) in [5.74, 6) is 3.59. The van der Waals surface area contributed by atoms with Crippen LogP contribution in [0.5, 0.6) is 17.2 Å². The maximum atomic E-state index is 6.76. The third-order valence-corrected chi connectivity index (χ3v) is 16.0. The summed E-state index contributed by atoms with van der Waals surface area (Å²) in [5.41, 5.74) is 15.7. The van der Waals surface area contributed by atoms with Gasteiger partial charge in [0.05, 0.1) is 11.0 Å². The van der Waals surface area contributed by atoms with E-state index in [1.54, 1.807) is 0 Å². The fourth-order valence-corrected chi connectivity index (χ4v) is 13.8. The fourth-order valence-electron chi connectivity index (χ4n) is 11.3. The van der Waals surface area contributed by atoms with Crippen LogP contribution in [0.3, 0.4) is 0 Å². The van der Waals surface area contributed by atoms with Gasteiger partial charge in [-0.3, -0.25) is 0 Å². The van der Waals surface area contributed by atoms with Gasteiger partial charge in [-0.2, -0.15) is 0 Å². The number of nitrogens with zero attached hydrogens (tertiary/aromatic N) is 2. The Labute approximate surface area is 366 Å². The van der Waals surface area contributed by atoms with Gasteiger partial charge in [0.2, 0.25) is 13.4 Å². The Balaban J connectivity index is 0.992. The summed E-state index contributed by atoms with van der Waals surface area (Å²) in [5, 5.41) is 5.14. The largest absolute Gasteiger partial charge is 0.462 e. The second-order valence-electron chi connectivity index (χ2n) is 17.0. The lowest BCUT2D eigenvalue weighted by atomic mass is 9.32. The van der Waals surface area contributed by atoms with Crippen molar-refractivity contribution in [3.8, 4) is 28.6 Å². The van der Waals surface area contributed by atoms with Crippen LogP contribution in [0.2, 0.25) is 0 Å². The molecular formula is C54H32B2N2O2S2. The zero-order chi connectivity index (χ0) is 40.2. The molecule has 4 aliphatic heterocycles. The van der Waals surface area contributed by atoms with Gasteiger partial charge < -0.3 is 18.6 Å². The van der Waals surface area contributed by atoms with Gasteiger partial charge >= 0.3 is 0 Å². The summed E-state index contributed by atoms with van der Waals surface area (Å²) in [7, 11) is 0. The van der Waals surface area contributed by atoms with Gasteiger partial charge in [0.1, 0.15) is 23.0 Å². The van der Waals surface area contributed by atoms with Crippen LogP contribution in [0.1, 0.15) is 12.8 Å². The Morgan fingerprint density at radius 1 is 0.452 bits per heavy atom. The van der Waals surface area contributed by atoms with E-state index in [4.69, 9.17) is 9.47 Å². The van der Waals surface area contributed by atoms with Crippen LogP contribution < -0.4 is 42.3 Å². The van der Waals surface area contributed by atoms with Crippen molar-refractivity contribution in [1.82, 2.24) is 9.13 Å². The predicted octanol–water partition coefficient (Wildman–Crippen LogP) is 9.87. The molecule has 1 aliphatic carbocycles. The molecule has 8 aromatic carbocycles. The van der Waals surface area contributed by atoms with Crippen molar-refractivity contribution in [2.24, 2.45) is 0 Å². The number of ether oxygens (including phenoxy) is 2. The Morgan fingerprint density at radius 2 is 1.00 bits per heavy atom. The first-order valence-electron chi connectivity index (χ1n) is 21.4. The second kappa shape index (κ2) is 12.4. The van der Waals surface area contributed by atoms with E-state index >= 15 is 0 Å². The third-order valence-electron chi connectivity index (χ3n) is 13.7. The molecule has 5 aliphatic rings. The summed E-state index contributed by atoms with van der Waals surface area (Å²) in [6.45, 7) is 0.115. The summed E-state index contributed by atoms with van der Waals surface area (Å²) in [6.07, 6.45) is 8.35. The zero-order valence-electron chi connectivity index (χ0n) is 33.3. The minimum absolute atomic E-state index is 0.0538. The molecule has 0 amide bonds. The van der Waals surface area contributed by atoms with Crippen LogP contribution >= 0.6 is 23.5 Å². The minimum Gasteiger partial charge on any atom is -0.462 e. The Bertz CT molecular complexity index is 3740. The van der Waals surface area contributed by atoms with Crippen molar-refractivity contribution in [3.63, 3.8) is 0 Å². The van der Waals surface area contributed by atoms with Crippen LogP contribution in [-0.4, -0.2) is 22.6 Å². The molecule has 0 atom stereocenters. The summed E-state index contributed by atoms with van der Waals surface area (Å²) in [4.78, 5) is 5.11. The molecule has 0 radical (unpaired) electrons. The lowest BCUT2D eigenvalue weighted by Gasteiger charge is -2.37. The average Bonchev–Trinajstić information content (AvgIpc) is 3.83. The van der Waals surface area contributed by atoms with Gasteiger partial charge in [-0.1, -0.05) is 144 Å². The molecule has 0 bridgehead atoms. The molecule has 4 nitrogen and oxygen atoms in total. The highest BCUT2D eigenvalue weighted by Gasteiger charge is 2.44. The van der Waals surface area contributed by atoms with Crippen LogP contribution in [0.4, 0.5) is 0 Å². The van der Waals surface area contributed by atoms with Crippen molar-refractivity contribution < 1.29 is 9.47 Å². The molecule has 288 valence electrons. The van der Waals surface area contributed by atoms with Crippen LogP contribution in [0.15, 0.2) is 195 Å². The van der Waals surface area contributed by atoms with E-state index in [1.807, 2.05) is 53.9 Å². The van der Waals surface area contributed by atoms with Crippen molar-refractivity contribution in [1.29, 1.82) is 0 Å². The average molecular weight is 827 g/mol.